The van der Waals surface area contributed by atoms with Crippen molar-refractivity contribution >= 4 is 0 Å². The largest absolute Gasteiger partial charge is 0.394 e. The van der Waals surface area contributed by atoms with E-state index < -0.39 is 24.6 Å². The molecule has 0 aliphatic carbocycles. The molecule has 0 radical (unpaired) electrons. The van der Waals surface area contributed by atoms with Crippen LogP contribution in [0.25, 0.3) is 0 Å². The van der Waals surface area contributed by atoms with Gasteiger partial charge in [0, 0.05) is 0 Å². The molecule has 0 aromatic carbocycles. The van der Waals surface area contributed by atoms with Gasteiger partial charge in [0.1, 0.15) is 18.3 Å². The van der Waals surface area contributed by atoms with E-state index in [1.54, 1.807) is 0 Å². The van der Waals surface area contributed by atoms with Crippen molar-refractivity contribution in [3.8, 4) is 0 Å². The fourth-order valence-corrected chi connectivity index (χ4v) is 2.13. The van der Waals surface area contributed by atoms with Crippen LogP contribution in [-0.2, 0) is 9.47 Å². The molecule has 1 fully saturated rings. The Hall–Kier alpha value is -0.200. The van der Waals surface area contributed by atoms with Gasteiger partial charge in [0.2, 0.25) is 0 Å². The molecule has 0 saturated carbocycles. The summed E-state index contributed by atoms with van der Waals surface area (Å²) in [6.45, 7) is 4.47. The van der Waals surface area contributed by atoms with E-state index >= 15 is 0 Å². The molecule has 1 aliphatic rings. The Morgan fingerprint density at radius 3 is 2.44 bits per heavy atom. The molecule has 0 bridgehead atoms. The van der Waals surface area contributed by atoms with Crippen molar-refractivity contribution in [2.75, 3.05) is 13.2 Å². The quantitative estimate of drug-likeness (QED) is 0.599. The third-order valence-electron chi connectivity index (χ3n) is 3.54. The molecule has 18 heavy (non-hydrogen) atoms. The molecule has 1 saturated heterocycles. The van der Waals surface area contributed by atoms with Crippen molar-refractivity contribution in [2.24, 2.45) is 5.92 Å². The van der Waals surface area contributed by atoms with Crippen LogP contribution in [0.4, 0.5) is 0 Å². The van der Waals surface area contributed by atoms with Gasteiger partial charge in [-0.15, -0.1) is 0 Å². The Labute approximate surface area is 109 Å². The molecule has 2 unspecified atom stereocenters. The summed E-state index contributed by atoms with van der Waals surface area (Å²) in [7, 11) is 0. The molecule has 0 amide bonds. The van der Waals surface area contributed by atoms with E-state index in [0.717, 1.165) is 25.7 Å². The van der Waals surface area contributed by atoms with Gasteiger partial charge in [-0.1, -0.05) is 33.1 Å². The van der Waals surface area contributed by atoms with Crippen molar-refractivity contribution in [3.63, 3.8) is 0 Å². The van der Waals surface area contributed by atoms with E-state index in [1.165, 1.54) is 0 Å². The maximum Gasteiger partial charge on any atom is 0.186 e. The van der Waals surface area contributed by atoms with Gasteiger partial charge in [-0.3, -0.25) is 0 Å². The van der Waals surface area contributed by atoms with Crippen LogP contribution in [0.3, 0.4) is 0 Å². The van der Waals surface area contributed by atoms with E-state index in [4.69, 9.17) is 14.6 Å². The number of hydrogen-bond acceptors (Lipinski definition) is 5. The SMILES string of the molecule is CCCCC(CC)COC1O[C@H](CO)[C@@H](O)[C@@H]1O. The Morgan fingerprint density at radius 1 is 1.22 bits per heavy atom. The van der Waals surface area contributed by atoms with Gasteiger partial charge in [-0.25, -0.2) is 0 Å². The van der Waals surface area contributed by atoms with Crippen molar-refractivity contribution in [1.29, 1.82) is 0 Å². The maximum atomic E-state index is 9.71. The van der Waals surface area contributed by atoms with Crippen LogP contribution in [0.2, 0.25) is 0 Å². The van der Waals surface area contributed by atoms with Crippen molar-refractivity contribution in [2.45, 2.75) is 64.1 Å². The highest BCUT2D eigenvalue weighted by Gasteiger charge is 2.43. The first-order chi connectivity index (χ1) is 8.63. The third-order valence-corrected chi connectivity index (χ3v) is 3.54. The second-order valence-electron chi connectivity index (χ2n) is 4.96. The number of ether oxygens (including phenoxy) is 2. The molecule has 1 heterocycles. The van der Waals surface area contributed by atoms with E-state index in [1.807, 2.05) is 0 Å². The third kappa shape index (κ3) is 4.17. The summed E-state index contributed by atoms with van der Waals surface area (Å²) >= 11 is 0. The Kier molecular flexibility index (Phi) is 7.11. The summed E-state index contributed by atoms with van der Waals surface area (Å²) in [5.41, 5.74) is 0. The number of rotatable bonds is 8. The van der Waals surface area contributed by atoms with Crippen LogP contribution in [-0.4, -0.2) is 53.1 Å². The highest BCUT2D eigenvalue weighted by Crippen LogP contribution is 2.23. The lowest BCUT2D eigenvalue weighted by atomic mass is 10.0. The molecule has 5 heteroatoms. The number of unbranched alkanes of at least 4 members (excludes halogenated alkanes) is 1. The van der Waals surface area contributed by atoms with Gasteiger partial charge in [0.15, 0.2) is 6.29 Å². The molecule has 1 aliphatic heterocycles. The molecule has 1 rings (SSSR count). The highest BCUT2D eigenvalue weighted by atomic mass is 16.7. The highest BCUT2D eigenvalue weighted by molar-refractivity contribution is 4.86. The lowest BCUT2D eigenvalue weighted by molar-refractivity contribution is -0.176. The lowest BCUT2D eigenvalue weighted by Gasteiger charge is -2.20. The predicted octanol–water partition coefficient (Wildman–Crippen LogP) is 0.658. The topological polar surface area (TPSA) is 79.2 Å². The number of hydrogen-bond donors (Lipinski definition) is 3. The summed E-state index contributed by atoms with van der Waals surface area (Å²) in [6.07, 6.45) is 0.716. The molecule has 5 nitrogen and oxygen atoms in total. The standard InChI is InChI=1S/C13H26O5/c1-3-5-6-9(4-2)8-17-13-12(16)11(15)10(7-14)18-13/h9-16H,3-8H2,1-2H3/t9?,10-,11-,12+,13?/m1/s1. The first kappa shape index (κ1) is 15.9. The number of aliphatic hydroxyl groups is 3. The molecule has 3 N–H and O–H groups in total. The van der Waals surface area contributed by atoms with E-state index in [2.05, 4.69) is 13.8 Å². The van der Waals surface area contributed by atoms with Gasteiger partial charge in [-0.05, 0) is 12.3 Å². The van der Waals surface area contributed by atoms with Crippen LogP contribution in [0.15, 0.2) is 0 Å². The van der Waals surface area contributed by atoms with Crippen molar-refractivity contribution in [1.82, 2.24) is 0 Å². The summed E-state index contributed by atoms with van der Waals surface area (Å²) in [4.78, 5) is 0. The Balaban J connectivity index is 2.34. The maximum absolute atomic E-state index is 9.71. The van der Waals surface area contributed by atoms with Gasteiger partial charge in [0.25, 0.3) is 0 Å². The average Bonchev–Trinajstić information content (AvgIpc) is 2.66. The molecule has 108 valence electrons. The average molecular weight is 262 g/mol. The zero-order valence-electron chi connectivity index (χ0n) is 11.3. The smallest absolute Gasteiger partial charge is 0.186 e. The monoisotopic (exact) mass is 262 g/mol. The van der Waals surface area contributed by atoms with Gasteiger partial charge >= 0.3 is 0 Å². The fourth-order valence-electron chi connectivity index (χ4n) is 2.13. The zero-order chi connectivity index (χ0) is 13.5. The lowest BCUT2D eigenvalue weighted by Crippen LogP contribution is -2.35. The molecule has 0 spiro atoms. The van der Waals surface area contributed by atoms with Crippen LogP contribution in [0, 0.1) is 5.92 Å². The summed E-state index contributed by atoms with van der Waals surface area (Å²) in [6, 6.07) is 0. The molecule has 0 aromatic rings. The minimum absolute atomic E-state index is 0.314. The predicted molar refractivity (Wildman–Crippen MR) is 67.0 cm³/mol. The molecule has 0 aromatic heterocycles. The van der Waals surface area contributed by atoms with Crippen LogP contribution >= 0.6 is 0 Å². The van der Waals surface area contributed by atoms with Crippen LogP contribution in [0.1, 0.15) is 39.5 Å². The second kappa shape index (κ2) is 8.07. The minimum atomic E-state index is -1.08. The van der Waals surface area contributed by atoms with Gasteiger partial charge in [0.05, 0.1) is 13.2 Å². The van der Waals surface area contributed by atoms with Crippen LogP contribution < -0.4 is 0 Å². The molecule has 5 atom stereocenters. The van der Waals surface area contributed by atoms with E-state index in [0.29, 0.717) is 12.5 Å². The minimum Gasteiger partial charge on any atom is -0.394 e. The summed E-state index contributed by atoms with van der Waals surface area (Å²) in [5, 5.41) is 28.2. The fraction of sp³-hybridized carbons (Fsp3) is 1.00. The normalized spacial score (nSPS) is 33.8. The van der Waals surface area contributed by atoms with Gasteiger partial charge in [-0.2, -0.15) is 0 Å². The van der Waals surface area contributed by atoms with E-state index in [9.17, 15) is 10.2 Å². The first-order valence-electron chi connectivity index (χ1n) is 6.88. The van der Waals surface area contributed by atoms with Crippen LogP contribution in [0.5, 0.6) is 0 Å². The molecular weight excluding hydrogens is 236 g/mol. The van der Waals surface area contributed by atoms with E-state index in [-0.39, 0.29) is 6.61 Å². The summed E-state index contributed by atoms with van der Waals surface area (Å²) < 4.78 is 10.8. The second-order valence-corrected chi connectivity index (χ2v) is 4.96. The summed E-state index contributed by atoms with van der Waals surface area (Å²) in [5.74, 6) is 0.450. The number of aliphatic hydroxyl groups excluding tert-OH is 3. The Bertz CT molecular complexity index is 223. The van der Waals surface area contributed by atoms with Crippen molar-refractivity contribution < 1.29 is 24.8 Å². The van der Waals surface area contributed by atoms with Gasteiger partial charge < -0.3 is 24.8 Å². The molecular formula is C13H26O5. The van der Waals surface area contributed by atoms with Crippen molar-refractivity contribution in [3.05, 3.63) is 0 Å². The zero-order valence-corrected chi connectivity index (χ0v) is 11.3. The Morgan fingerprint density at radius 2 is 1.94 bits per heavy atom. The first-order valence-corrected chi connectivity index (χ1v) is 6.88.